The second-order valence-corrected chi connectivity index (χ2v) is 4.19. The molecule has 1 aromatic carbocycles. The van der Waals surface area contributed by atoms with Crippen LogP contribution in [0.4, 0.5) is 0 Å². The fraction of sp³-hybridized carbons (Fsp3) is 0.308. The number of methoxy groups -OCH3 is 1. The van der Waals surface area contributed by atoms with Gasteiger partial charge in [0, 0.05) is 12.1 Å². The van der Waals surface area contributed by atoms with Crippen LogP contribution in [0.1, 0.15) is 16.9 Å². The van der Waals surface area contributed by atoms with Crippen molar-refractivity contribution in [2.24, 2.45) is 5.73 Å². The van der Waals surface area contributed by atoms with Crippen LogP contribution in [-0.2, 0) is 6.54 Å². The zero-order valence-corrected chi connectivity index (χ0v) is 11.1. The van der Waals surface area contributed by atoms with Crippen LogP contribution in [0.3, 0.4) is 0 Å². The maximum atomic E-state index is 11.3. The van der Waals surface area contributed by atoms with E-state index < -0.39 is 5.97 Å². The second-order valence-electron chi connectivity index (χ2n) is 4.19. The Kier molecular flexibility index (Phi) is 4.31. The van der Waals surface area contributed by atoms with Gasteiger partial charge in [0.1, 0.15) is 11.4 Å². The van der Waals surface area contributed by atoms with Crippen LogP contribution in [-0.4, -0.2) is 39.7 Å². The first-order valence-electron chi connectivity index (χ1n) is 6.18. The lowest BCUT2D eigenvalue weighted by Crippen LogP contribution is -2.09. The van der Waals surface area contributed by atoms with E-state index >= 15 is 0 Å². The number of aromatic carboxylic acids is 1. The van der Waals surface area contributed by atoms with Crippen molar-refractivity contribution in [3.63, 3.8) is 0 Å². The smallest absolute Gasteiger partial charge is 0.358 e. The third kappa shape index (κ3) is 2.77. The highest BCUT2D eigenvalue weighted by atomic mass is 16.5. The van der Waals surface area contributed by atoms with Gasteiger partial charge in [0.25, 0.3) is 0 Å². The SMILES string of the molecule is COc1cccc(-c2c(C(=O)O)nnn2CCCN)c1. The van der Waals surface area contributed by atoms with E-state index in [-0.39, 0.29) is 5.69 Å². The van der Waals surface area contributed by atoms with Gasteiger partial charge in [0.15, 0.2) is 5.69 Å². The molecule has 0 saturated carbocycles. The van der Waals surface area contributed by atoms with Gasteiger partial charge < -0.3 is 15.6 Å². The van der Waals surface area contributed by atoms with Crippen LogP contribution in [0.25, 0.3) is 11.3 Å². The molecule has 7 heteroatoms. The van der Waals surface area contributed by atoms with E-state index in [1.54, 1.807) is 36.1 Å². The van der Waals surface area contributed by atoms with Crippen LogP contribution in [0.15, 0.2) is 24.3 Å². The maximum Gasteiger partial charge on any atom is 0.358 e. The van der Waals surface area contributed by atoms with Crippen molar-refractivity contribution >= 4 is 5.97 Å². The Hall–Kier alpha value is -2.41. The predicted octanol–water partition coefficient (Wildman–Crippen LogP) is 1.00. The van der Waals surface area contributed by atoms with Crippen LogP contribution < -0.4 is 10.5 Å². The minimum absolute atomic E-state index is 0.0738. The predicted molar refractivity (Wildman–Crippen MR) is 72.6 cm³/mol. The number of carbonyl (C=O) groups is 1. The number of rotatable bonds is 6. The van der Waals surface area contributed by atoms with Crippen molar-refractivity contribution in [1.82, 2.24) is 15.0 Å². The summed E-state index contributed by atoms with van der Waals surface area (Å²) < 4.78 is 6.72. The molecule has 106 valence electrons. The van der Waals surface area contributed by atoms with E-state index in [9.17, 15) is 9.90 Å². The van der Waals surface area contributed by atoms with Gasteiger partial charge in [0.2, 0.25) is 0 Å². The minimum Gasteiger partial charge on any atom is -0.497 e. The minimum atomic E-state index is -1.11. The Balaban J connectivity index is 2.50. The lowest BCUT2D eigenvalue weighted by molar-refractivity contribution is 0.0691. The lowest BCUT2D eigenvalue weighted by Gasteiger charge is -2.08. The number of aryl methyl sites for hydroxylation is 1. The number of aromatic nitrogens is 3. The van der Waals surface area contributed by atoms with E-state index in [0.29, 0.717) is 36.5 Å². The molecule has 3 N–H and O–H groups in total. The molecule has 0 aliphatic carbocycles. The second kappa shape index (κ2) is 6.16. The molecular weight excluding hydrogens is 260 g/mol. The summed E-state index contributed by atoms with van der Waals surface area (Å²) >= 11 is 0. The third-order valence-electron chi connectivity index (χ3n) is 2.85. The monoisotopic (exact) mass is 276 g/mol. The summed E-state index contributed by atoms with van der Waals surface area (Å²) in [6, 6.07) is 7.13. The molecule has 0 fully saturated rings. The zero-order valence-electron chi connectivity index (χ0n) is 11.1. The Morgan fingerprint density at radius 2 is 2.30 bits per heavy atom. The number of carboxylic acid groups (broad SMARTS) is 1. The van der Waals surface area contributed by atoms with Crippen LogP contribution in [0, 0.1) is 0 Å². The highest BCUT2D eigenvalue weighted by molar-refractivity contribution is 5.92. The van der Waals surface area contributed by atoms with Gasteiger partial charge in [-0.05, 0) is 25.1 Å². The molecule has 1 aromatic heterocycles. The summed E-state index contributed by atoms with van der Waals surface area (Å²) in [5.74, 6) is -0.466. The number of hydrogen-bond donors (Lipinski definition) is 2. The molecule has 0 atom stereocenters. The third-order valence-corrected chi connectivity index (χ3v) is 2.85. The largest absolute Gasteiger partial charge is 0.497 e. The number of nitrogens with two attached hydrogens (primary N) is 1. The van der Waals surface area contributed by atoms with Gasteiger partial charge in [-0.15, -0.1) is 5.10 Å². The van der Waals surface area contributed by atoms with Crippen molar-refractivity contribution in [1.29, 1.82) is 0 Å². The van der Waals surface area contributed by atoms with E-state index in [1.165, 1.54) is 0 Å². The van der Waals surface area contributed by atoms with E-state index in [2.05, 4.69) is 10.3 Å². The van der Waals surface area contributed by atoms with E-state index in [1.807, 2.05) is 0 Å². The Bertz CT molecular complexity index is 609. The summed E-state index contributed by atoms with van der Waals surface area (Å²) in [6.07, 6.45) is 0.694. The molecule has 0 aliphatic rings. The van der Waals surface area contributed by atoms with Crippen LogP contribution in [0.2, 0.25) is 0 Å². The fourth-order valence-electron chi connectivity index (χ4n) is 1.91. The number of nitrogens with zero attached hydrogens (tertiary/aromatic N) is 3. The molecule has 0 radical (unpaired) electrons. The normalized spacial score (nSPS) is 10.5. The van der Waals surface area contributed by atoms with Gasteiger partial charge >= 0.3 is 5.97 Å². The molecule has 2 aromatic rings. The molecule has 2 rings (SSSR count). The molecule has 0 aliphatic heterocycles. The molecule has 7 nitrogen and oxygen atoms in total. The van der Waals surface area contributed by atoms with Gasteiger partial charge in [-0.1, -0.05) is 17.3 Å². The Morgan fingerprint density at radius 1 is 1.50 bits per heavy atom. The number of carboxylic acids is 1. The van der Waals surface area contributed by atoms with Crippen molar-refractivity contribution < 1.29 is 14.6 Å². The molecule has 0 amide bonds. The van der Waals surface area contributed by atoms with Crippen molar-refractivity contribution in [2.45, 2.75) is 13.0 Å². The summed E-state index contributed by atoms with van der Waals surface area (Å²) in [5.41, 5.74) is 6.57. The van der Waals surface area contributed by atoms with Gasteiger partial charge in [-0.2, -0.15) is 0 Å². The highest BCUT2D eigenvalue weighted by Crippen LogP contribution is 2.26. The molecule has 1 heterocycles. The average molecular weight is 276 g/mol. The summed E-state index contributed by atoms with van der Waals surface area (Å²) in [4.78, 5) is 11.3. The number of ether oxygens (including phenoxy) is 1. The van der Waals surface area contributed by atoms with E-state index in [4.69, 9.17) is 10.5 Å². The molecular formula is C13H16N4O3. The van der Waals surface area contributed by atoms with Crippen LogP contribution >= 0.6 is 0 Å². The molecule has 0 unspecified atom stereocenters. The summed E-state index contributed by atoms with van der Waals surface area (Å²) in [6.45, 7) is 1.02. The number of benzene rings is 1. The molecule has 0 saturated heterocycles. The topological polar surface area (TPSA) is 103 Å². The van der Waals surface area contributed by atoms with Gasteiger partial charge in [-0.3, -0.25) is 0 Å². The number of hydrogen-bond acceptors (Lipinski definition) is 5. The standard InChI is InChI=1S/C13H16N4O3/c1-20-10-5-2-4-9(8-10)12-11(13(18)19)15-16-17(12)7-3-6-14/h2,4-5,8H,3,6-7,14H2,1H3,(H,18,19). The Morgan fingerprint density at radius 3 is 2.95 bits per heavy atom. The zero-order chi connectivity index (χ0) is 14.5. The molecule has 0 spiro atoms. The summed E-state index contributed by atoms with van der Waals surface area (Å²) in [5, 5.41) is 16.8. The summed E-state index contributed by atoms with van der Waals surface area (Å²) in [7, 11) is 1.56. The van der Waals surface area contributed by atoms with Crippen LogP contribution in [0.5, 0.6) is 5.75 Å². The van der Waals surface area contributed by atoms with Crippen molar-refractivity contribution in [3.8, 4) is 17.0 Å². The first-order chi connectivity index (χ1) is 9.67. The van der Waals surface area contributed by atoms with Crippen molar-refractivity contribution in [2.75, 3.05) is 13.7 Å². The first-order valence-corrected chi connectivity index (χ1v) is 6.18. The first kappa shape index (κ1) is 14.0. The fourth-order valence-corrected chi connectivity index (χ4v) is 1.91. The quantitative estimate of drug-likeness (QED) is 0.815. The lowest BCUT2D eigenvalue weighted by atomic mass is 10.1. The van der Waals surface area contributed by atoms with E-state index in [0.717, 1.165) is 0 Å². The van der Waals surface area contributed by atoms with Gasteiger partial charge in [-0.25, -0.2) is 9.48 Å². The highest BCUT2D eigenvalue weighted by Gasteiger charge is 2.20. The maximum absolute atomic E-state index is 11.3. The Labute approximate surface area is 116 Å². The van der Waals surface area contributed by atoms with Gasteiger partial charge in [0.05, 0.1) is 7.11 Å². The molecule has 0 bridgehead atoms. The molecule has 20 heavy (non-hydrogen) atoms. The average Bonchev–Trinajstić information content (AvgIpc) is 2.89. The van der Waals surface area contributed by atoms with Crippen molar-refractivity contribution in [3.05, 3.63) is 30.0 Å².